The molecule has 0 unspecified atom stereocenters. The van der Waals surface area contributed by atoms with E-state index in [0.717, 1.165) is 25.7 Å². The fourth-order valence-electron chi connectivity index (χ4n) is 2.33. The lowest BCUT2D eigenvalue weighted by atomic mass is 9.80. The van der Waals surface area contributed by atoms with Gasteiger partial charge in [-0.25, -0.2) is 13.1 Å². The Morgan fingerprint density at radius 3 is 2.28 bits per heavy atom. The van der Waals surface area contributed by atoms with Crippen LogP contribution in [0.4, 0.5) is 0 Å². The molecule has 0 radical (unpaired) electrons. The van der Waals surface area contributed by atoms with Gasteiger partial charge in [-0.2, -0.15) is 0 Å². The summed E-state index contributed by atoms with van der Waals surface area (Å²) in [4.78, 5) is 11.4. The second kappa shape index (κ2) is 6.33. The monoisotopic (exact) mass is 275 g/mol. The van der Waals surface area contributed by atoms with Gasteiger partial charge in [0.25, 0.3) is 0 Å². The van der Waals surface area contributed by atoms with Crippen LogP contribution in [0.3, 0.4) is 0 Å². The van der Waals surface area contributed by atoms with Crippen molar-refractivity contribution < 1.29 is 18.3 Å². The van der Waals surface area contributed by atoms with E-state index in [1.807, 2.05) is 0 Å². The lowest BCUT2D eigenvalue weighted by Gasteiger charge is -2.28. The molecule has 5 nitrogen and oxygen atoms in total. The fourth-order valence-corrected chi connectivity index (χ4v) is 3.26. The normalized spacial score (nSPS) is 20.0. The molecule has 0 aromatic carbocycles. The van der Waals surface area contributed by atoms with Gasteiger partial charge < -0.3 is 5.11 Å². The molecule has 0 atom stereocenters. The molecular weight excluding hydrogens is 254 g/mol. The molecule has 0 aromatic rings. The smallest absolute Gasteiger partial charge is 0.310 e. The van der Waals surface area contributed by atoms with Gasteiger partial charge in [-0.3, -0.25) is 4.79 Å². The highest BCUT2D eigenvalue weighted by Crippen LogP contribution is 2.35. The Morgan fingerprint density at radius 2 is 1.83 bits per heavy atom. The molecule has 2 N–H and O–H groups in total. The Bertz CT molecular complexity index is 394. The van der Waals surface area contributed by atoms with E-state index in [-0.39, 0.29) is 12.3 Å². The van der Waals surface area contributed by atoms with Gasteiger partial charge in [0.1, 0.15) is 0 Å². The molecule has 0 amide bonds. The van der Waals surface area contributed by atoms with Crippen molar-refractivity contribution in [2.45, 2.75) is 38.5 Å². The molecule has 1 fully saturated rings. The number of nitrogens with one attached hydrogen (secondary N) is 1. The van der Waals surface area contributed by atoms with E-state index < -0.39 is 21.4 Å². The van der Waals surface area contributed by atoms with Crippen molar-refractivity contribution in [3.63, 3.8) is 0 Å². The maximum atomic E-state index is 11.5. The molecule has 0 spiro atoms. The van der Waals surface area contributed by atoms with E-state index in [9.17, 15) is 18.3 Å². The average molecular weight is 275 g/mol. The van der Waals surface area contributed by atoms with E-state index >= 15 is 0 Å². The van der Waals surface area contributed by atoms with Gasteiger partial charge in [0.05, 0.1) is 11.2 Å². The van der Waals surface area contributed by atoms with Gasteiger partial charge in [0.15, 0.2) is 0 Å². The van der Waals surface area contributed by atoms with Crippen LogP contribution in [0.1, 0.15) is 38.5 Å². The van der Waals surface area contributed by atoms with Crippen LogP contribution in [0.5, 0.6) is 0 Å². The first kappa shape index (κ1) is 15.2. The highest BCUT2D eigenvalue weighted by Gasteiger charge is 2.39. The number of hydrogen-bond donors (Lipinski definition) is 2. The average Bonchev–Trinajstić information content (AvgIpc) is 2.53. The number of carboxylic acid groups (broad SMARTS) is 1. The second-order valence-electron chi connectivity index (χ2n) is 4.89. The van der Waals surface area contributed by atoms with E-state index in [1.54, 1.807) is 0 Å². The number of sulfonamides is 1. The first-order valence-corrected chi connectivity index (χ1v) is 7.89. The van der Waals surface area contributed by atoms with Gasteiger partial charge in [-0.1, -0.05) is 31.8 Å². The molecular formula is C12H21NO4S. The second-order valence-corrected chi connectivity index (χ2v) is 6.74. The Hall–Kier alpha value is -0.880. The molecule has 18 heavy (non-hydrogen) atoms. The van der Waals surface area contributed by atoms with Crippen molar-refractivity contribution >= 4 is 16.0 Å². The van der Waals surface area contributed by atoms with E-state index in [1.165, 1.54) is 6.08 Å². The molecule has 1 rings (SSSR count). The standard InChI is InChI=1S/C12H21NO4S/c1-2-9-18(16,17)13-10-12(11(14)15)7-5-3-4-6-8-12/h2,13H,1,3-10H2,(H,14,15). The summed E-state index contributed by atoms with van der Waals surface area (Å²) in [6.07, 6.45) is 6.11. The van der Waals surface area contributed by atoms with Crippen molar-refractivity contribution in [1.82, 2.24) is 4.72 Å². The number of carboxylic acids is 1. The molecule has 0 saturated heterocycles. The Morgan fingerprint density at radius 1 is 1.28 bits per heavy atom. The van der Waals surface area contributed by atoms with Gasteiger partial charge in [-0.15, -0.1) is 6.58 Å². The van der Waals surface area contributed by atoms with Gasteiger partial charge in [0, 0.05) is 6.54 Å². The third kappa shape index (κ3) is 4.10. The summed E-state index contributed by atoms with van der Waals surface area (Å²) in [5, 5.41) is 9.39. The predicted molar refractivity (Wildman–Crippen MR) is 69.8 cm³/mol. The fraction of sp³-hybridized carbons (Fsp3) is 0.750. The van der Waals surface area contributed by atoms with Crippen molar-refractivity contribution in [3.8, 4) is 0 Å². The minimum atomic E-state index is -3.45. The van der Waals surface area contributed by atoms with Crippen LogP contribution in [0, 0.1) is 5.41 Å². The van der Waals surface area contributed by atoms with E-state index in [2.05, 4.69) is 11.3 Å². The maximum Gasteiger partial charge on any atom is 0.310 e. The van der Waals surface area contributed by atoms with Crippen LogP contribution in [0.25, 0.3) is 0 Å². The van der Waals surface area contributed by atoms with E-state index in [0.29, 0.717) is 12.8 Å². The zero-order valence-electron chi connectivity index (χ0n) is 10.5. The zero-order valence-corrected chi connectivity index (χ0v) is 11.3. The lowest BCUT2D eigenvalue weighted by molar-refractivity contribution is -0.149. The summed E-state index contributed by atoms with van der Waals surface area (Å²) in [7, 11) is -3.45. The molecule has 0 aliphatic heterocycles. The largest absolute Gasteiger partial charge is 0.481 e. The molecule has 104 valence electrons. The Labute approximate surface area is 108 Å². The van der Waals surface area contributed by atoms with Crippen molar-refractivity contribution in [3.05, 3.63) is 12.7 Å². The highest BCUT2D eigenvalue weighted by molar-refractivity contribution is 7.89. The molecule has 0 heterocycles. The molecule has 1 aliphatic rings. The third-order valence-electron chi connectivity index (χ3n) is 3.48. The minimum Gasteiger partial charge on any atom is -0.481 e. The van der Waals surface area contributed by atoms with Crippen LogP contribution in [-0.2, 0) is 14.8 Å². The summed E-state index contributed by atoms with van der Waals surface area (Å²) in [6, 6.07) is 0. The lowest BCUT2D eigenvalue weighted by Crippen LogP contribution is -2.43. The van der Waals surface area contributed by atoms with Gasteiger partial charge in [0.2, 0.25) is 10.0 Å². The number of carbonyl (C=O) groups is 1. The van der Waals surface area contributed by atoms with Crippen LogP contribution in [0.15, 0.2) is 12.7 Å². The quantitative estimate of drug-likeness (QED) is 0.568. The number of hydrogen-bond acceptors (Lipinski definition) is 3. The summed E-state index contributed by atoms with van der Waals surface area (Å²) in [5.74, 6) is -1.08. The topological polar surface area (TPSA) is 83.5 Å². The highest BCUT2D eigenvalue weighted by atomic mass is 32.2. The first-order chi connectivity index (χ1) is 8.42. The van der Waals surface area contributed by atoms with Crippen molar-refractivity contribution in [1.29, 1.82) is 0 Å². The van der Waals surface area contributed by atoms with Gasteiger partial charge in [-0.05, 0) is 12.8 Å². The predicted octanol–water partition coefficient (Wildman–Crippen LogP) is 1.52. The maximum absolute atomic E-state index is 11.5. The minimum absolute atomic E-state index is 0.0154. The van der Waals surface area contributed by atoms with Crippen LogP contribution in [0.2, 0.25) is 0 Å². The molecule has 1 saturated carbocycles. The number of rotatable bonds is 6. The van der Waals surface area contributed by atoms with Crippen LogP contribution < -0.4 is 4.72 Å². The first-order valence-electron chi connectivity index (χ1n) is 6.23. The Balaban J connectivity index is 2.74. The van der Waals surface area contributed by atoms with Crippen LogP contribution >= 0.6 is 0 Å². The van der Waals surface area contributed by atoms with Crippen molar-refractivity contribution in [2.24, 2.45) is 5.41 Å². The summed E-state index contributed by atoms with van der Waals surface area (Å²) < 4.78 is 25.5. The Kier molecular flexibility index (Phi) is 5.34. The third-order valence-corrected chi connectivity index (χ3v) is 4.74. The zero-order chi connectivity index (χ0) is 13.6. The molecule has 0 bridgehead atoms. The molecule has 6 heteroatoms. The van der Waals surface area contributed by atoms with Crippen molar-refractivity contribution in [2.75, 3.05) is 12.3 Å². The molecule has 1 aliphatic carbocycles. The van der Waals surface area contributed by atoms with E-state index in [4.69, 9.17) is 0 Å². The van der Waals surface area contributed by atoms with Crippen LogP contribution in [-0.4, -0.2) is 31.8 Å². The SMILES string of the molecule is C=CCS(=O)(=O)NCC1(C(=O)O)CCCCCC1. The van der Waals surface area contributed by atoms with Gasteiger partial charge >= 0.3 is 5.97 Å². The summed E-state index contributed by atoms with van der Waals surface area (Å²) in [5.41, 5.74) is -0.940. The summed E-state index contributed by atoms with van der Waals surface area (Å²) in [6.45, 7) is 3.36. The number of aliphatic carboxylic acids is 1. The molecule has 0 aromatic heterocycles. The summed E-state index contributed by atoms with van der Waals surface area (Å²) >= 11 is 0.